The van der Waals surface area contributed by atoms with Crippen molar-refractivity contribution in [2.75, 3.05) is 43.2 Å². The van der Waals surface area contributed by atoms with E-state index in [9.17, 15) is 8.42 Å². The average molecular weight is 301 g/mol. The lowest BCUT2D eigenvalue weighted by molar-refractivity contribution is 0.581. The Kier molecular flexibility index (Phi) is 6.15. The van der Waals surface area contributed by atoms with Gasteiger partial charge in [-0.3, -0.25) is 0 Å². The van der Waals surface area contributed by atoms with Gasteiger partial charge < -0.3 is 10.2 Å². The Balaban J connectivity index is 2.50. The zero-order valence-corrected chi connectivity index (χ0v) is 13.3. The molecule has 7 nitrogen and oxygen atoms in total. The minimum atomic E-state index is -3.15. The van der Waals surface area contributed by atoms with Gasteiger partial charge in [0.15, 0.2) is 0 Å². The third kappa shape index (κ3) is 5.70. The maximum Gasteiger partial charge on any atom is 0.224 e. The monoisotopic (exact) mass is 301 g/mol. The molecule has 0 aliphatic carbocycles. The summed E-state index contributed by atoms with van der Waals surface area (Å²) in [5.74, 6) is 1.47. The summed E-state index contributed by atoms with van der Waals surface area (Å²) in [6.45, 7) is 4.49. The lowest BCUT2D eigenvalue weighted by Crippen LogP contribution is -2.31. The molecule has 114 valence electrons. The van der Waals surface area contributed by atoms with E-state index in [1.54, 1.807) is 0 Å². The van der Waals surface area contributed by atoms with Crippen molar-refractivity contribution in [1.82, 2.24) is 14.7 Å². The highest BCUT2D eigenvalue weighted by Gasteiger charge is 2.07. The van der Waals surface area contributed by atoms with Crippen LogP contribution in [0.5, 0.6) is 0 Å². The summed E-state index contributed by atoms with van der Waals surface area (Å²) < 4.78 is 25.5. The Morgan fingerprint density at radius 1 is 1.25 bits per heavy atom. The van der Waals surface area contributed by atoms with Gasteiger partial charge in [0.05, 0.1) is 5.75 Å². The summed E-state index contributed by atoms with van der Waals surface area (Å²) in [4.78, 5) is 10.5. The van der Waals surface area contributed by atoms with Gasteiger partial charge >= 0.3 is 0 Å². The molecule has 0 atom stereocenters. The molecule has 0 radical (unpaired) electrons. The SMILES string of the molecule is CCCS(=O)(=O)NCCNc1nc(C)cc(N(C)C)n1. The molecule has 0 fully saturated rings. The van der Waals surface area contributed by atoms with Crippen LogP contribution in [-0.2, 0) is 10.0 Å². The molecule has 20 heavy (non-hydrogen) atoms. The second-order valence-electron chi connectivity index (χ2n) is 4.73. The van der Waals surface area contributed by atoms with Crippen molar-refractivity contribution in [3.8, 4) is 0 Å². The minimum Gasteiger partial charge on any atom is -0.363 e. The van der Waals surface area contributed by atoms with E-state index >= 15 is 0 Å². The fraction of sp³-hybridized carbons (Fsp3) is 0.667. The highest BCUT2D eigenvalue weighted by Crippen LogP contribution is 2.11. The standard InChI is InChI=1S/C12H23N5O2S/c1-5-8-20(18,19)14-7-6-13-12-15-10(2)9-11(16-12)17(3)4/h9,14H,5-8H2,1-4H3,(H,13,15,16). The first-order valence-corrected chi connectivity index (χ1v) is 8.23. The van der Waals surface area contributed by atoms with Crippen molar-refractivity contribution in [3.05, 3.63) is 11.8 Å². The molecule has 0 unspecified atom stereocenters. The Labute approximate surface area is 120 Å². The zero-order valence-electron chi connectivity index (χ0n) is 12.5. The average Bonchev–Trinajstić information content (AvgIpc) is 2.34. The van der Waals surface area contributed by atoms with Gasteiger partial charge in [0.2, 0.25) is 16.0 Å². The smallest absolute Gasteiger partial charge is 0.224 e. The molecule has 2 N–H and O–H groups in total. The highest BCUT2D eigenvalue weighted by atomic mass is 32.2. The summed E-state index contributed by atoms with van der Waals surface area (Å²) in [5.41, 5.74) is 0.859. The molecule has 0 spiro atoms. The topological polar surface area (TPSA) is 87.2 Å². The second-order valence-corrected chi connectivity index (χ2v) is 6.65. The van der Waals surface area contributed by atoms with Crippen LogP contribution in [0.3, 0.4) is 0 Å². The van der Waals surface area contributed by atoms with Gasteiger partial charge in [0.25, 0.3) is 0 Å². The third-order valence-corrected chi connectivity index (χ3v) is 4.09. The Hall–Kier alpha value is -1.41. The highest BCUT2D eigenvalue weighted by molar-refractivity contribution is 7.89. The van der Waals surface area contributed by atoms with Crippen LogP contribution in [0.1, 0.15) is 19.0 Å². The van der Waals surface area contributed by atoms with Gasteiger partial charge in [0, 0.05) is 38.9 Å². The summed E-state index contributed by atoms with van der Waals surface area (Å²) in [6.07, 6.45) is 0.607. The van der Waals surface area contributed by atoms with Crippen molar-refractivity contribution in [2.24, 2.45) is 0 Å². The fourth-order valence-corrected chi connectivity index (χ4v) is 2.68. The fourth-order valence-electron chi connectivity index (χ4n) is 1.58. The lowest BCUT2D eigenvalue weighted by atomic mass is 10.4. The van der Waals surface area contributed by atoms with Crippen LogP contribution in [0.25, 0.3) is 0 Å². The molecule has 1 aromatic heterocycles. The number of nitrogens with zero attached hydrogens (tertiary/aromatic N) is 3. The first-order chi connectivity index (χ1) is 9.34. The number of anilines is 2. The first-order valence-electron chi connectivity index (χ1n) is 6.58. The summed E-state index contributed by atoms with van der Waals surface area (Å²) in [6, 6.07) is 1.88. The maximum absolute atomic E-state index is 11.5. The Morgan fingerprint density at radius 3 is 2.55 bits per heavy atom. The lowest BCUT2D eigenvalue weighted by Gasteiger charge is -2.13. The molecule has 0 aliphatic rings. The number of hydrogen-bond acceptors (Lipinski definition) is 6. The van der Waals surface area contributed by atoms with Crippen molar-refractivity contribution >= 4 is 21.8 Å². The molecule has 1 rings (SSSR count). The number of nitrogens with one attached hydrogen (secondary N) is 2. The van der Waals surface area contributed by atoms with Crippen LogP contribution < -0.4 is 14.9 Å². The summed E-state index contributed by atoms with van der Waals surface area (Å²) in [7, 11) is 0.659. The third-order valence-electron chi connectivity index (χ3n) is 2.50. The van der Waals surface area contributed by atoms with Crippen LogP contribution in [0.2, 0.25) is 0 Å². The van der Waals surface area contributed by atoms with Crippen LogP contribution in [0.4, 0.5) is 11.8 Å². The van der Waals surface area contributed by atoms with Gasteiger partial charge in [-0.2, -0.15) is 4.98 Å². The van der Waals surface area contributed by atoms with E-state index in [4.69, 9.17) is 0 Å². The second kappa shape index (κ2) is 7.39. The van der Waals surface area contributed by atoms with Gasteiger partial charge in [-0.25, -0.2) is 18.1 Å². The predicted octanol–water partition coefficient (Wildman–Crippen LogP) is 0.592. The van der Waals surface area contributed by atoms with Crippen LogP contribution >= 0.6 is 0 Å². The Bertz CT molecular complexity index is 531. The van der Waals surface area contributed by atoms with E-state index in [1.807, 2.05) is 38.9 Å². The summed E-state index contributed by atoms with van der Waals surface area (Å²) in [5, 5.41) is 3.02. The van der Waals surface area contributed by atoms with Crippen molar-refractivity contribution in [1.29, 1.82) is 0 Å². The summed E-state index contributed by atoms with van der Waals surface area (Å²) >= 11 is 0. The molecular formula is C12H23N5O2S. The molecule has 8 heteroatoms. The Morgan fingerprint density at radius 2 is 1.95 bits per heavy atom. The number of hydrogen-bond donors (Lipinski definition) is 2. The van der Waals surface area contributed by atoms with Crippen molar-refractivity contribution in [3.63, 3.8) is 0 Å². The largest absolute Gasteiger partial charge is 0.363 e. The van der Waals surface area contributed by atoms with E-state index in [0.717, 1.165) is 11.5 Å². The molecule has 1 heterocycles. The number of sulfonamides is 1. The van der Waals surface area contributed by atoms with Crippen molar-refractivity contribution in [2.45, 2.75) is 20.3 Å². The number of rotatable bonds is 8. The van der Waals surface area contributed by atoms with E-state index < -0.39 is 10.0 Å². The first kappa shape index (κ1) is 16.6. The number of aryl methyl sites for hydroxylation is 1. The normalized spacial score (nSPS) is 11.4. The predicted molar refractivity (Wildman–Crippen MR) is 81.7 cm³/mol. The molecular weight excluding hydrogens is 278 g/mol. The van der Waals surface area contributed by atoms with Gasteiger partial charge in [-0.15, -0.1) is 0 Å². The maximum atomic E-state index is 11.5. The van der Waals surface area contributed by atoms with Gasteiger partial charge in [-0.05, 0) is 13.3 Å². The van der Waals surface area contributed by atoms with Crippen LogP contribution in [0, 0.1) is 6.92 Å². The molecule has 0 aromatic carbocycles. The molecule has 0 saturated carbocycles. The number of aromatic nitrogens is 2. The molecule has 0 bridgehead atoms. The van der Waals surface area contributed by atoms with E-state index in [-0.39, 0.29) is 5.75 Å². The quantitative estimate of drug-likeness (QED) is 0.684. The van der Waals surface area contributed by atoms with Gasteiger partial charge in [0.1, 0.15) is 5.82 Å². The van der Waals surface area contributed by atoms with E-state index in [2.05, 4.69) is 20.0 Å². The van der Waals surface area contributed by atoms with Crippen molar-refractivity contribution < 1.29 is 8.42 Å². The molecule has 0 saturated heterocycles. The molecule has 0 amide bonds. The van der Waals surface area contributed by atoms with E-state index in [1.165, 1.54) is 0 Å². The van der Waals surface area contributed by atoms with E-state index in [0.29, 0.717) is 25.5 Å². The minimum absolute atomic E-state index is 0.152. The zero-order chi connectivity index (χ0) is 15.2. The van der Waals surface area contributed by atoms with Crippen LogP contribution in [0.15, 0.2) is 6.07 Å². The molecule has 1 aromatic rings. The van der Waals surface area contributed by atoms with Gasteiger partial charge in [-0.1, -0.05) is 6.92 Å². The molecule has 0 aliphatic heterocycles. The van der Waals surface area contributed by atoms with Crippen LogP contribution in [-0.4, -0.2) is 51.3 Å².